The van der Waals surface area contributed by atoms with Crippen LogP contribution >= 0.6 is 23.1 Å². The van der Waals surface area contributed by atoms with Gasteiger partial charge in [-0.15, -0.1) is 23.1 Å². The Kier molecular flexibility index (Phi) is 6.64. The topological polar surface area (TPSA) is 36.4 Å². The van der Waals surface area contributed by atoms with Crippen LogP contribution < -0.4 is 0 Å². The van der Waals surface area contributed by atoms with Gasteiger partial charge in [0.1, 0.15) is 5.01 Å². The summed E-state index contributed by atoms with van der Waals surface area (Å²) < 4.78 is 0. The Morgan fingerprint density at radius 1 is 1.03 bits per heavy atom. The van der Waals surface area contributed by atoms with Crippen molar-refractivity contribution in [2.45, 2.75) is 23.6 Å². The number of hydrogen-bond donors (Lipinski definition) is 0. The smallest absolute Gasteiger partial charge is 0.235 e. The summed E-state index contributed by atoms with van der Waals surface area (Å²) in [7, 11) is 0. The van der Waals surface area contributed by atoms with E-state index in [0.29, 0.717) is 0 Å². The molecule has 150 valence electrons. The molecule has 0 saturated carbocycles. The predicted octanol–water partition coefficient (Wildman–Crippen LogP) is 4.64. The second-order valence-corrected chi connectivity index (χ2v) is 9.46. The molecule has 1 fully saturated rings. The molecule has 1 unspecified atom stereocenters. The van der Waals surface area contributed by atoms with E-state index in [1.165, 1.54) is 5.56 Å². The molecule has 1 amide bonds. The molecular weight excluding hydrogens is 398 g/mol. The molecule has 29 heavy (non-hydrogen) atoms. The fourth-order valence-corrected chi connectivity index (χ4v) is 5.25. The van der Waals surface area contributed by atoms with E-state index in [1.54, 1.807) is 23.1 Å². The third kappa shape index (κ3) is 5.26. The van der Waals surface area contributed by atoms with E-state index in [4.69, 9.17) is 4.98 Å². The molecule has 2 aromatic carbocycles. The minimum absolute atomic E-state index is 0.0593. The van der Waals surface area contributed by atoms with E-state index in [-0.39, 0.29) is 11.2 Å². The van der Waals surface area contributed by atoms with E-state index >= 15 is 0 Å². The minimum Gasteiger partial charge on any atom is -0.339 e. The molecular formula is C23H25N3OS2. The number of carbonyl (C=O) groups excluding carboxylic acids is 1. The van der Waals surface area contributed by atoms with Crippen molar-refractivity contribution in [1.29, 1.82) is 0 Å². The van der Waals surface area contributed by atoms with Crippen molar-refractivity contribution in [1.82, 2.24) is 14.8 Å². The SMILES string of the molecule is CC(Sc1ccccc1)C(=O)N1CCN(Cc2csc(-c3ccccc3)n2)CC1. The highest BCUT2D eigenvalue weighted by Crippen LogP contribution is 2.26. The standard InChI is InChI=1S/C23H25N3OS2/c1-18(29-21-10-6-3-7-11-21)23(27)26-14-12-25(13-15-26)16-20-17-28-22(24-20)19-8-4-2-5-9-19/h2-11,17-18H,12-16H2,1H3. The summed E-state index contributed by atoms with van der Waals surface area (Å²) in [6.07, 6.45) is 0. The van der Waals surface area contributed by atoms with E-state index < -0.39 is 0 Å². The summed E-state index contributed by atoms with van der Waals surface area (Å²) in [5.41, 5.74) is 2.28. The molecule has 1 atom stereocenters. The Morgan fingerprint density at radius 3 is 2.38 bits per heavy atom. The Labute approximate surface area is 180 Å². The van der Waals surface area contributed by atoms with Gasteiger partial charge in [-0.2, -0.15) is 0 Å². The number of thioether (sulfide) groups is 1. The van der Waals surface area contributed by atoms with Gasteiger partial charge in [-0.25, -0.2) is 4.98 Å². The van der Waals surface area contributed by atoms with Crippen LogP contribution in [0.1, 0.15) is 12.6 Å². The zero-order chi connectivity index (χ0) is 20.1. The average molecular weight is 424 g/mol. The lowest BCUT2D eigenvalue weighted by Crippen LogP contribution is -2.50. The average Bonchev–Trinajstić information content (AvgIpc) is 3.23. The monoisotopic (exact) mass is 423 g/mol. The molecule has 0 spiro atoms. The number of rotatable bonds is 6. The summed E-state index contributed by atoms with van der Waals surface area (Å²) in [6.45, 7) is 6.22. The second-order valence-electron chi connectivity index (χ2n) is 7.18. The van der Waals surface area contributed by atoms with Gasteiger partial charge in [-0.3, -0.25) is 9.69 Å². The van der Waals surface area contributed by atoms with Crippen LogP contribution in [-0.4, -0.2) is 52.1 Å². The van der Waals surface area contributed by atoms with E-state index in [1.807, 2.05) is 48.2 Å². The van der Waals surface area contributed by atoms with Gasteiger partial charge in [-0.05, 0) is 19.1 Å². The molecule has 0 bridgehead atoms. The molecule has 1 aliphatic rings. The molecule has 0 N–H and O–H groups in total. The number of nitrogens with zero attached hydrogens (tertiary/aromatic N) is 3. The predicted molar refractivity (Wildman–Crippen MR) is 121 cm³/mol. The maximum Gasteiger partial charge on any atom is 0.235 e. The highest BCUT2D eigenvalue weighted by atomic mass is 32.2. The fourth-order valence-electron chi connectivity index (χ4n) is 3.46. The van der Waals surface area contributed by atoms with Crippen LogP contribution in [0.15, 0.2) is 70.9 Å². The maximum absolute atomic E-state index is 12.8. The van der Waals surface area contributed by atoms with Crippen LogP contribution in [0.3, 0.4) is 0 Å². The van der Waals surface area contributed by atoms with Gasteiger partial charge in [-0.1, -0.05) is 48.5 Å². The van der Waals surface area contributed by atoms with Crippen molar-refractivity contribution >= 4 is 29.0 Å². The number of aromatic nitrogens is 1. The highest BCUT2D eigenvalue weighted by molar-refractivity contribution is 8.00. The van der Waals surface area contributed by atoms with Gasteiger partial charge in [0.25, 0.3) is 0 Å². The van der Waals surface area contributed by atoms with E-state index in [9.17, 15) is 4.79 Å². The first-order valence-corrected chi connectivity index (χ1v) is 11.7. The van der Waals surface area contributed by atoms with Crippen molar-refractivity contribution in [2.24, 2.45) is 0 Å². The summed E-state index contributed by atoms with van der Waals surface area (Å²) >= 11 is 3.33. The fraction of sp³-hybridized carbons (Fsp3) is 0.304. The second kappa shape index (κ2) is 9.57. The number of piperazine rings is 1. The normalized spacial score (nSPS) is 16.0. The lowest BCUT2D eigenvalue weighted by atomic mass is 10.2. The van der Waals surface area contributed by atoms with Crippen molar-refractivity contribution in [3.05, 3.63) is 71.7 Å². The maximum atomic E-state index is 12.8. The quantitative estimate of drug-likeness (QED) is 0.542. The summed E-state index contributed by atoms with van der Waals surface area (Å²) in [4.78, 5) is 23.1. The molecule has 1 aromatic heterocycles. The molecule has 3 aromatic rings. The van der Waals surface area contributed by atoms with Crippen molar-refractivity contribution in [3.63, 3.8) is 0 Å². The highest BCUT2D eigenvalue weighted by Gasteiger charge is 2.25. The Hall–Kier alpha value is -2.15. The number of thiazole rings is 1. The Bertz CT molecular complexity index is 922. The van der Waals surface area contributed by atoms with Gasteiger partial charge >= 0.3 is 0 Å². The van der Waals surface area contributed by atoms with Crippen LogP contribution in [0.2, 0.25) is 0 Å². The minimum atomic E-state index is -0.0593. The zero-order valence-electron chi connectivity index (χ0n) is 16.5. The van der Waals surface area contributed by atoms with Gasteiger partial charge in [0.2, 0.25) is 5.91 Å². The lowest BCUT2D eigenvalue weighted by molar-refractivity contribution is -0.132. The van der Waals surface area contributed by atoms with Crippen molar-refractivity contribution in [2.75, 3.05) is 26.2 Å². The van der Waals surface area contributed by atoms with Crippen LogP contribution in [0.4, 0.5) is 0 Å². The van der Waals surface area contributed by atoms with Gasteiger partial charge in [0.15, 0.2) is 0 Å². The van der Waals surface area contributed by atoms with Crippen LogP contribution in [-0.2, 0) is 11.3 Å². The number of carbonyl (C=O) groups is 1. The zero-order valence-corrected chi connectivity index (χ0v) is 18.2. The number of hydrogen-bond acceptors (Lipinski definition) is 5. The van der Waals surface area contributed by atoms with E-state index in [2.05, 4.69) is 34.5 Å². The Morgan fingerprint density at radius 2 is 1.69 bits per heavy atom. The largest absolute Gasteiger partial charge is 0.339 e. The molecule has 6 heteroatoms. The van der Waals surface area contributed by atoms with Gasteiger partial charge < -0.3 is 4.90 Å². The molecule has 0 aliphatic carbocycles. The first kappa shape index (κ1) is 20.1. The summed E-state index contributed by atoms with van der Waals surface area (Å²) in [5.74, 6) is 0.235. The van der Waals surface area contributed by atoms with Crippen LogP contribution in [0.5, 0.6) is 0 Å². The third-order valence-corrected chi connectivity index (χ3v) is 7.09. The lowest BCUT2D eigenvalue weighted by Gasteiger charge is -2.35. The molecule has 4 rings (SSSR count). The summed E-state index contributed by atoms with van der Waals surface area (Å²) in [5, 5.41) is 3.16. The molecule has 0 radical (unpaired) electrons. The van der Waals surface area contributed by atoms with E-state index in [0.717, 1.165) is 48.3 Å². The van der Waals surface area contributed by atoms with Crippen LogP contribution in [0, 0.1) is 0 Å². The molecule has 4 nitrogen and oxygen atoms in total. The number of amides is 1. The van der Waals surface area contributed by atoms with Crippen molar-refractivity contribution in [3.8, 4) is 10.6 Å². The van der Waals surface area contributed by atoms with Gasteiger partial charge in [0.05, 0.1) is 10.9 Å². The molecule has 1 saturated heterocycles. The first-order valence-electron chi connectivity index (χ1n) is 9.92. The third-order valence-electron chi connectivity index (χ3n) is 5.05. The molecule has 2 heterocycles. The van der Waals surface area contributed by atoms with Crippen molar-refractivity contribution < 1.29 is 4.79 Å². The number of benzene rings is 2. The van der Waals surface area contributed by atoms with Gasteiger partial charge in [0, 0.05) is 48.6 Å². The first-order chi connectivity index (χ1) is 14.2. The molecule has 1 aliphatic heterocycles. The summed E-state index contributed by atoms with van der Waals surface area (Å²) in [6, 6.07) is 20.5. The van der Waals surface area contributed by atoms with Crippen LogP contribution in [0.25, 0.3) is 10.6 Å². The Balaban J connectivity index is 1.27.